The lowest BCUT2D eigenvalue weighted by Gasteiger charge is -2.29. The molecule has 5 nitrogen and oxygen atoms in total. The zero-order valence-electron chi connectivity index (χ0n) is 14.5. The fourth-order valence-electron chi connectivity index (χ4n) is 3.75. The number of hydrogen-bond donors (Lipinski definition) is 1. The number of carbonyl (C=O) groups is 1. The number of halogens is 1. The Morgan fingerprint density at radius 2 is 2.08 bits per heavy atom. The molecule has 6 heteroatoms. The smallest absolute Gasteiger partial charge is 0.265 e. The zero-order valence-corrected chi connectivity index (χ0v) is 15.3. The second-order valence-corrected chi connectivity index (χ2v) is 7.47. The van der Waals surface area contributed by atoms with Crippen molar-refractivity contribution in [2.45, 2.75) is 38.6 Å². The van der Waals surface area contributed by atoms with E-state index in [2.05, 4.69) is 17.2 Å². The number of aromatic nitrogens is 2. The molecule has 1 fully saturated rings. The van der Waals surface area contributed by atoms with E-state index in [4.69, 9.17) is 11.6 Å². The van der Waals surface area contributed by atoms with Crippen LogP contribution in [0.2, 0.25) is 5.02 Å². The van der Waals surface area contributed by atoms with Gasteiger partial charge in [-0.1, -0.05) is 31.4 Å². The van der Waals surface area contributed by atoms with Crippen LogP contribution in [0.3, 0.4) is 0 Å². The molecule has 0 aliphatic heterocycles. The molecule has 1 aliphatic carbocycles. The standard InChI is InChI=1S/C20H20ClN3O2/c1-12-5-2-3-7-16(12)23-19(25)14-6-4-10-24-18(14)22-17-9-8-13(21)11-15(17)20(24)26/h4,6,8-12,16H,2-3,5,7H2,1H3,(H,23,25). The molecule has 2 unspecified atom stereocenters. The minimum atomic E-state index is -0.229. The van der Waals surface area contributed by atoms with E-state index in [9.17, 15) is 9.59 Å². The lowest BCUT2D eigenvalue weighted by molar-refractivity contribution is 0.0911. The van der Waals surface area contributed by atoms with Gasteiger partial charge in [-0.25, -0.2) is 4.98 Å². The Kier molecular flexibility index (Phi) is 4.41. The molecule has 0 saturated heterocycles. The second-order valence-electron chi connectivity index (χ2n) is 7.04. The molecule has 2 atom stereocenters. The van der Waals surface area contributed by atoms with Crippen molar-refractivity contribution in [3.63, 3.8) is 0 Å². The van der Waals surface area contributed by atoms with Gasteiger partial charge in [0.2, 0.25) is 0 Å². The highest BCUT2D eigenvalue weighted by Gasteiger charge is 2.24. The molecule has 0 bridgehead atoms. The van der Waals surface area contributed by atoms with Crippen molar-refractivity contribution in [1.82, 2.24) is 14.7 Å². The summed E-state index contributed by atoms with van der Waals surface area (Å²) in [7, 11) is 0. The van der Waals surface area contributed by atoms with Crippen molar-refractivity contribution in [3.8, 4) is 0 Å². The molecule has 1 N–H and O–H groups in total. The predicted molar refractivity (Wildman–Crippen MR) is 103 cm³/mol. The Morgan fingerprint density at radius 1 is 1.27 bits per heavy atom. The first kappa shape index (κ1) is 17.0. The number of fused-ring (bicyclic) bond motifs is 2. The van der Waals surface area contributed by atoms with Crippen LogP contribution < -0.4 is 10.9 Å². The fraction of sp³-hybridized carbons (Fsp3) is 0.350. The number of nitrogens with one attached hydrogen (secondary N) is 1. The third kappa shape index (κ3) is 2.97. The lowest BCUT2D eigenvalue weighted by Crippen LogP contribution is -2.41. The van der Waals surface area contributed by atoms with Gasteiger partial charge in [-0.2, -0.15) is 0 Å². The summed E-state index contributed by atoms with van der Waals surface area (Å²) in [5, 5.41) is 4.06. The van der Waals surface area contributed by atoms with E-state index in [1.54, 1.807) is 36.5 Å². The van der Waals surface area contributed by atoms with Crippen molar-refractivity contribution in [1.29, 1.82) is 0 Å². The minimum Gasteiger partial charge on any atom is -0.349 e. The number of nitrogens with zero attached hydrogens (tertiary/aromatic N) is 2. The number of carbonyl (C=O) groups excluding carboxylic acids is 1. The van der Waals surface area contributed by atoms with Crippen LogP contribution in [0.1, 0.15) is 43.0 Å². The number of benzene rings is 1. The summed E-state index contributed by atoms with van der Waals surface area (Å²) in [6.07, 6.45) is 6.10. The van der Waals surface area contributed by atoms with Crippen LogP contribution in [0, 0.1) is 5.92 Å². The van der Waals surface area contributed by atoms with Crippen LogP contribution in [0.15, 0.2) is 41.3 Å². The molecule has 134 valence electrons. The molecular formula is C20H20ClN3O2. The highest BCUT2D eigenvalue weighted by atomic mass is 35.5. The molecule has 4 rings (SSSR count). The number of hydrogen-bond acceptors (Lipinski definition) is 3. The van der Waals surface area contributed by atoms with Crippen molar-refractivity contribution in [2.75, 3.05) is 0 Å². The third-order valence-electron chi connectivity index (χ3n) is 5.27. The van der Waals surface area contributed by atoms with Gasteiger partial charge in [0.1, 0.15) is 0 Å². The Bertz CT molecular complexity index is 1060. The average molecular weight is 370 g/mol. The topological polar surface area (TPSA) is 63.5 Å². The van der Waals surface area contributed by atoms with Crippen LogP contribution >= 0.6 is 11.6 Å². The number of amides is 1. The van der Waals surface area contributed by atoms with Gasteiger partial charge >= 0.3 is 0 Å². The molecule has 2 aromatic heterocycles. The Balaban J connectivity index is 1.80. The lowest BCUT2D eigenvalue weighted by atomic mass is 9.86. The highest BCUT2D eigenvalue weighted by Crippen LogP contribution is 2.24. The van der Waals surface area contributed by atoms with Gasteiger partial charge in [0.25, 0.3) is 11.5 Å². The van der Waals surface area contributed by atoms with E-state index in [1.807, 2.05) is 0 Å². The zero-order chi connectivity index (χ0) is 18.3. The van der Waals surface area contributed by atoms with Gasteiger partial charge in [0, 0.05) is 17.3 Å². The molecule has 1 saturated carbocycles. The van der Waals surface area contributed by atoms with Crippen molar-refractivity contribution < 1.29 is 4.79 Å². The van der Waals surface area contributed by atoms with Gasteiger partial charge in [0.15, 0.2) is 5.65 Å². The summed E-state index contributed by atoms with van der Waals surface area (Å²) in [6.45, 7) is 2.17. The van der Waals surface area contributed by atoms with Gasteiger partial charge in [-0.3, -0.25) is 14.0 Å². The molecule has 1 amide bonds. The summed E-state index contributed by atoms with van der Waals surface area (Å²) in [6, 6.07) is 8.59. The largest absolute Gasteiger partial charge is 0.349 e. The van der Waals surface area contributed by atoms with Gasteiger partial charge in [-0.15, -0.1) is 0 Å². The molecule has 2 heterocycles. The number of pyridine rings is 1. The molecule has 3 aromatic rings. The van der Waals surface area contributed by atoms with Gasteiger partial charge < -0.3 is 5.32 Å². The van der Waals surface area contributed by atoms with Gasteiger partial charge in [-0.05, 0) is 49.1 Å². The van der Waals surface area contributed by atoms with E-state index in [1.165, 1.54) is 10.8 Å². The normalized spacial score (nSPS) is 20.4. The molecular weight excluding hydrogens is 350 g/mol. The van der Waals surface area contributed by atoms with Crippen LogP contribution in [-0.2, 0) is 0 Å². The summed E-state index contributed by atoms with van der Waals surface area (Å²) >= 11 is 6.01. The first-order valence-electron chi connectivity index (χ1n) is 8.96. The van der Waals surface area contributed by atoms with Crippen molar-refractivity contribution >= 4 is 34.1 Å². The van der Waals surface area contributed by atoms with Crippen LogP contribution in [-0.4, -0.2) is 21.3 Å². The first-order valence-corrected chi connectivity index (χ1v) is 9.34. The summed E-state index contributed by atoms with van der Waals surface area (Å²) in [4.78, 5) is 30.2. The van der Waals surface area contributed by atoms with Crippen LogP contribution in [0.25, 0.3) is 16.6 Å². The fourth-order valence-corrected chi connectivity index (χ4v) is 3.93. The van der Waals surface area contributed by atoms with E-state index in [0.29, 0.717) is 33.1 Å². The molecule has 26 heavy (non-hydrogen) atoms. The monoisotopic (exact) mass is 369 g/mol. The number of rotatable bonds is 2. The SMILES string of the molecule is CC1CCCCC1NC(=O)c1cccn2c(=O)c3cc(Cl)ccc3nc12. The molecule has 0 radical (unpaired) electrons. The Morgan fingerprint density at radius 3 is 2.88 bits per heavy atom. The minimum absolute atomic E-state index is 0.169. The predicted octanol–water partition coefficient (Wildman–Crippen LogP) is 3.81. The third-order valence-corrected chi connectivity index (χ3v) is 5.51. The van der Waals surface area contributed by atoms with Crippen LogP contribution in [0.5, 0.6) is 0 Å². The second kappa shape index (κ2) is 6.72. The van der Waals surface area contributed by atoms with Crippen LogP contribution in [0.4, 0.5) is 0 Å². The molecule has 0 spiro atoms. The average Bonchev–Trinajstić information content (AvgIpc) is 2.64. The highest BCUT2D eigenvalue weighted by molar-refractivity contribution is 6.31. The summed E-state index contributed by atoms with van der Waals surface area (Å²) in [5.74, 6) is 0.281. The van der Waals surface area contributed by atoms with E-state index in [0.717, 1.165) is 19.3 Å². The molecule has 1 aliphatic rings. The van der Waals surface area contributed by atoms with Gasteiger partial charge in [0.05, 0.1) is 16.5 Å². The van der Waals surface area contributed by atoms with E-state index >= 15 is 0 Å². The summed E-state index contributed by atoms with van der Waals surface area (Å²) in [5.41, 5.74) is 1.09. The molecule has 1 aromatic carbocycles. The van der Waals surface area contributed by atoms with Crippen molar-refractivity contribution in [2.24, 2.45) is 5.92 Å². The van der Waals surface area contributed by atoms with E-state index in [-0.39, 0.29) is 17.5 Å². The Labute approximate surface area is 156 Å². The van der Waals surface area contributed by atoms with Crippen molar-refractivity contribution in [3.05, 3.63) is 57.5 Å². The Hall–Kier alpha value is -2.40. The van der Waals surface area contributed by atoms with E-state index < -0.39 is 0 Å². The maximum absolute atomic E-state index is 12.9. The maximum Gasteiger partial charge on any atom is 0.265 e. The first-order chi connectivity index (χ1) is 12.5. The maximum atomic E-state index is 12.9. The quantitative estimate of drug-likeness (QED) is 0.698. The summed E-state index contributed by atoms with van der Waals surface area (Å²) < 4.78 is 1.41.